The Morgan fingerprint density at radius 1 is 1.38 bits per heavy atom. The summed E-state index contributed by atoms with van der Waals surface area (Å²) in [6.45, 7) is 1.95. The van der Waals surface area contributed by atoms with E-state index in [0.29, 0.717) is 17.1 Å². The molecule has 0 spiro atoms. The second-order valence-corrected chi connectivity index (χ2v) is 4.41. The summed E-state index contributed by atoms with van der Waals surface area (Å²) in [6, 6.07) is 5.19. The first kappa shape index (κ1) is 13.0. The molecule has 0 aliphatic carbocycles. The zero-order chi connectivity index (χ0) is 12.1. The maximum absolute atomic E-state index is 12.0. The van der Waals surface area contributed by atoms with Gasteiger partial charge in [0.25, 0.3) is 0 Å². The van der Waals surface area contributed by atoms with Gasteiger partial charge in [0.2, 0.25) is 0 Å². The molecule has 88 valence electrons. The van der Waals surface area contributed by atoms with Gasteiger partial charge in [-0.25, -0.2) is 0 Å². The van der Waals surface area contributed by atoms with Gasteiger partial charge >= 0.3 is 0 Å². The zero-order valence-electron chi connectivity index (χ0n) is 9.62. The van der Waals surface area contributed by atoms with E-state index in [0.717, 1.165) is 6.42 Å². The van der Waals surface area contributed by atoms with Crippen LogP contribution in [0.25, 0.3) is 0 Å². The van der Waals surface area contributed by atoms with Crippen LogP contribution in [-0.2, 0) is 0 Å². The largest absolute Gasteiger partial charge is 0.497 e. The van der Waals surface area contributed by atoms with Crippen LogP contribution in [0.3, 0.4) is 0 Å². The molecule has 0 heterocycles. The van der Waals surface area contributed by atoms with Gasteiger partial charge in [-0.05, 0) is 18.6 Å². The minimum atomic E-state index is -0.171. The van der Waals surface area contributed by atoms with Crippen molar-refractivity contribution in [2.45, 2.75) is 18.2 Å². The Morgan fingerprint density at radius 2 is 2.06 bits per heavy atom. The molecule has 1 aromatic rings. The Hall–Kier alpha value is -1.03. The molecular formula is C12H15BrO3. The number of carbonyl (C=O) groups is 1. The summed E-state index contributed by atoms with van der Waals surface area (Å²) >= 11 is 3.34. The topological polar surface area (TPSA) is 35.5 Å². The lowest BCUT2D eigenvalue weighted by Gasteiger charge is -2.11. The fourth-order valence-corrected chi connectivity index (χ4v) is 1.60. The maximum Gasteiger partial charge on any atom is 0.180 e. The van der Waals surface area contributed by atoms with E-state index in [1.165, 1.54) is 0 Å². The Balaban J connectivity index is 3.08. The Morgan fingerprint density at radius 3 is 2.56 bits per heavy atom. The molecule has 0 bridgehead atoms. The highest BCUT2D eigenvalue weighted by Gasteiger charge is 2.19. The van der Waals surface area contributed by atoms with Crippen LogP contribution in [0.1, 0.15) is 23.7 Å². The van der Waals surface area contributed by atoms with Gasteiger partial charge in [-0.15, -0.1) is 0 Å². The molecule has 4 heteroatoms. The molecule has 0 fully saturated rings. The number of ether oxygens (including phenoxy) is 2. The highest BCUT2D eigenvalue weighted by atomic mass is 79.9. The molecule has 3 nitrogen and oxygen atoms in total. The SMILES string of the molecule is CCC(Br)C(=O)c1ccc(OC)cc1OC. The number of ketones is 1. The first-order valence-electron chi connectivity index (χ1n) is 5.04. The van der Waals surface area contributed by atoms with Gasteiger partial charge in [0, 0.05) is 6.07 Å². The number of hydrogen-bond acceptors (Lipinski definition) is 3. The minimum absolute atomic E-state index is 0.0296. The number of Topliss-reactive ketones (excluding diaryl/α,β-unsaturated/α-hetero) is 1. The van der Waals surface area contributed by atoms with Crippen molar-refractivity contribution in [2.75, 3.05) is 14.2 Å². The summed E-state index contributed by atoms with van der Waals surface area (Å²) in [5.74, 6) is 1.25. The second-order valence-electron chi connectivity index (χ2n) is 3.31. The first-order valence-corrected chi connectivity index (χ1v) is 5.95. The molecule has 1 atom stereocenters. The van der Waals surface area contributed by atoms with Crippen molar-refractivity contribution in [1.29, 1.82) is 0 Å². The van der Waals surface area contributed by atoms with Gasteiger partial charge in [-0.3, -0.25) is 4.79 Å². The number of methoxy groups -OCH3 is 2. The zero-order valence-corrected chi connectivity index (χ0v) is 11.2. The van der Waals surface area contributed by atoms with Crippen LogP contribution < -0.4 is 9.47 Å². The first-order chi connectivity index (χ1) is 7.63. The van der Waals surface area contributed by atoms with Gasteiger partial charge in [0.15, 0.2) is 5.78 Å². The second kappa shape index (κ2) is 5.89. The summed E-state index contributed by atoms with van der Waals surface area (Å²) in [5, 5.41) is 0. The average molecular weight is 287 g/mol. The molecule has 16 heavy (non-hydrogen) atoms. The van der Waals surface area contributed by atoms with E-state index in [9.17, 15) is 4.79 Å². The van der Waals surface area contributed by atoms with Crippen molar-refractivity contribution < 1.29 is 14.3 Å². The lowest BCUT2D eigenvalue weighted by molar-refractivity contribution is 0.0987. The average Bonchev–Trinajstić information content (AvgIpc) is 2.35. The van der Waals surface area contributed by atoms with Gasteiger partial charge < -0.3 is 9.47 Å². The van der Waals surface area contributed by atoms with Crippen LogP contribution in [0.15, 0.2) is 18.2 Å². The number of carbonyl (C=O) groups excluding carboxylic acids is 1. The van der Waals surface area contributed by atoms with E-state index in [-0.39, 0.29) is 10.6 Å². The predicted molar refractivity (Wildman–Crippen MR) is 66.9 cm³/mol. The maximum atomic E-state index is 12.0. The van der Waals surface area contributed by atoms with E-state index in [1.54, 1.807) is 32.4 Å². The summed E-state index contributed by atoms with van der Waals surface area (Å²) < 4.78 is 10.3. The number of halogens is 1. The Bertz CT molecular complexity index is 377. The third-order valence-electron chi connectivity index (χ3n) is 2.32. The quantitative estimate of drug-likeness (QED) is 0.616. The molecule has 1 rings (SSSR count). The van der Waals surface area contributed by atoms with Gasteiger partial charge in [0.1, 0.15) is 11.5 Å². The van der Waals surface area contributed by atoms with Crippen molar-refractivity contribution in [3.63, 3.8) is 0 Å². The van der Waals surface area contributed by atoms with Crippen LogP contribution >= 0.6 is 15.9 Å². The smallest absolute Gasteiger partial charge is 0.180 e. The Kier molecular flexibility index (Phi) is 4.80. The molecule has 0 aromatic heterocycles. The standard InChI is InChI=1S/C12H15BrO3/c1-4-10(13)12(14)9-6-5-8(15-2)7-11(9)16-3/h5-7,10H,4H2,1-3H3. The van der Waals surface area contributed by atoms with Crippen molar-refractivity contribution in [3.05, 3.63) is 23.8 Å². The predicted octanol–water partition coefficient (Wildman–Crippen LogP) is 3.06. The lowest BCUT2D eigenvalue weighted by Crippen LogP contribution is -2.14. The third kappa shape index (κ3) is 2.76. The van der Waals surface area contributed by atoms with Crippen molar-refractivity contribution in [2.24, 2.45) is 0 Å². The van der Waals surface area contributed by atoms with E-state index >= 15 is 0 Å². The summed E-state index contributed by atoms with van der Waals surface area (Å²) in [4.78, 5) is 11.8. The van der Waals surface area contributed by atoms with Crippen LogP contribution in [0.2, 0.25) is 0 Å². The summed E-state index contributed by atoms with van der Waals surface area (Å²) in [6.07, 6.45) is 0.744. The molecule has 0 amide bonds. The third-order valence-corrected chi connectivity index (χ3v) is 3.38. The molecule has 0 saturated heterocycles. The van der Waals surface area contributed by atoms with Gasteiger partial charge in [-0.2, -0.15) is 0 Å². The van der Waals surface area contributed by atoms with E-state index < -0.39 is 0 Å². The number of alkyl halides is 1. The summed E-state index contributed by atoms with van der Waals surface area (Å²) in [5.41, 5.74) is 0.576. The molecule has 0 saturated carbocycles. The van der Waals surface area contributed by atoms with Gasteiger partial charge in [0.05, 0.1) is 24.6 Å². The lowest BCUT2D eigenvalue weighted by atomic mass is 10.1. The van der Waals surface area contributed by atoms with Crippen molar-refractivity contribution in [3.8, 4) is 11.5 Å². The van der Waals surface area contributed by atoms with Crippen LogP contribution in [0.5, 0.6) is 11.5 Å². The minimum Gasteiger partial charge on any atom is -0.497 e. The fourth-order valence-electron chi connectivity index (χ4n) is 1.36. The van der Waals surface area contributed by atoms with Crippen LogP contribution in [0.4, 0.5) is 0 Å². The molecule has 0 N–H and O–H groups in total. The summed E-state index contributed by atoms with van der Waals surface area (Å²) in [7, 11) is 3.12. The van der Waals surface area contributed by atoms with Crippen molar-refractivity contribution >= 4 is 21.7 Å². The highest BCUT2D eigenvalue weighted by Crippen LogP contribution is 2.27. The molecule has 0 aliphatic rings. The highest BCUT2D eigenvalue weighted by molar-refractivity contribution is 9.10. The van der Waals surface area contributed by atoms with Crippen LogP contribution in [-0.4, -0.2) is 24.8 Å². The molecule has 0 aliphatic heterocycles. The van der Waals surface area contributed by atoms with E-state index in [1.807, 2.05) is 6.92 Å². The fraction of sp³-hybridized carbons (Fsp3) is 0.417. The monoisotopic (exact) mass is 286 g/mol. The number of benzene rings is 1. The van der Waals surface area contributed by atoms with Crippen molar-refractivity contribution in [1.82, 2.24) is 0 Å². The molecule has 1 unspecified atom stereocenters. The van der Waals surface area contributed by atoms with E-state index in [2.05, 4.69) is 15.9 Å². The van der Waals surface area contributed by atoms with Crippen LogP contribution in [0, 0.1) is 0 Å². The van der Waals surface area contributed by atoms with E-state index in [4.69, 9.17) is 9.47 Å². The van der Waals surface area contributed by atoms with Gasteiger partial charge in [-0.1, -0.05) is 22.9 Å². The molecular weight excluding hydrogens is 272 g/mol. The molecule has 0 radical (unpaired) electrons. The number of rotatable bonds is 5. The normalized spacial score (nSPS) is 12.0. The molecule has 1 aromatic carbocycles. The number of hydrogen-bond donors (Lipinski definition) is 0. The Labute approximate surface area is 104 Å².